The zero-order valence-corrected chi connectivity index (χ0v) is 18.2. The first-order valence-corrected chi connectivity index (χ1v) is 10.9. The van der Waals surface area contributed by atoms with E-state index in [1.807, 2.05) is 18.2 Å². The van der Waals surface area contributed by atoms with E-state index in [2.05, 4.69) is 40.7 Å². The minimum atomic E-state index is -0.328. The second kappa shape index (κ2) is 10.5. The summed E-state index contributed by atoms with van der Waals surface area (Å²) in [5.41, 5.74) is 0.397. The van der Waals surface area contributed by atoms with Gasteiger partial charge in [0.2, 0.25) is 0 Å². The lowest BCUT2D eigenvalue weighted by Gasteiger charge is -2.32. The predicted molar refractivity (Wildman–Crippen MR) is 115 cm³/mol. The maximum atomic E-state index is 6.13. The third-order valence-electron chi connectivity index (χ3n) is 5.90. The van der Waals surface area contributed by atoms with Crippen LogP contribution in [-0.4, -0.2) is 24.9 Å². The van der Waals surface area contributed by atoms with Crippen LogP contribution >= 0.6 is 0 Å². The molecule has 0 aliphatic carbocycles. The molecule has 0 atom stereocenters. The summed E-state index contributed by atoms with van der Waals surface area (Å²) >= 11 is 0. The zero-order chi connectivity index (χ0) is 19.8. The van der Waals surface area contributed by atoms with Crippen LogP contribution in [-0.2, 0) is 9.31 Å². The molecule has 0 spiro atoms. The maximum Gasteiger partial charge on any atom is 0.494 e. The average molecular weight is 374 g/mol. The van der Waals surface area contributed by atoms with Crippen LogP contribution in [0.5, 0.6) is 5.75 Å². The number of unbranched alkanes of at least 4 members (excludes halogenated alkanes) is 8. The summed E-state index contributed by atoms with van der Waals surface area (Å²) in [7, 11) is -0.328. The molecule has 0 aromatic heterocycles. The van der Waals surface area contributed by atoms with Gasteiger partial charge in [-0.05, 0) is 51.7 Å². The van der Waals surface area contributed by atoms with Crippen LogP contribution in [0.1, 0.15) is 92.4 Å². The van der Waals surface area contributed by atoms with Gasteiger partial charge >= 0.3 is 7.12 Å². The van der Waals surface area contributed by atoms with Crippen molar-refractivity contribution in [3.05, 3.63) is 24.3 Å². The molecule has 1 aliphatic heterocycles. The number of hydrogen-bond donors (Lipinski definition) is 0. The Kier molecular flexibility index (Phi) is 8.69. The molecule has 4 heteroatoms. The molecule has 1 saturated heterocycles. The van der Waals surface area contributed by atoms with Crippen molar-refractivity contribution in [1.29, 1.82) is 0 Å². The number of benzene rings is 1. The summed E-state index contributed by atoms with van der Waals surface area (Å²) in [4.78, 5) is 0. The topological polar surface area (TPSA) is 27.7 Å². The van der Waals surface area contributed by atoms with E-state index >= 15 is 0 Å². The monoisotopic (exact) mass is 374 g/mol. The Morgan fingerprint density at radius 1 is 0.815 bits per heavy atom. The van der Waals surface area contributed by atoms with E-state index in [1.165, 1.54) is 51.4 Å². The Morgan fingerprint density at radius 3 is 1.96 bits per heavy atom. The SMILES string of the molecule is CCCCCCCCCCCOc1cccc(B2OC(C)(C)C(C)(C)O2)c1. The van der Waals surface area contributed by atoms with Crippen molar-refractivity contribution < 1.29 is 14.0 Å². The van der Waals surface area contributed by atoms with Gasteiger partial charge in [0, 0.05) is 0 Å². The normalized spacial score (nSPS) is 18.0. The van der Waals surface area contributed by atoms with Gasteiger partial charge in [-0.3, -0.25) is 0 Å². The number of hydrogen-bond acceptors (Lipinski definition) is 3. The summed E-state index contributed by atoms with van der Waals surface area (Å²) < 4.78 is 18.2. The minimum absolute atomic E-state index is 0.314. The van der Waals surface area contributed by atoms with E-state index in [1.54, 1.807) is 0 Å². The van der Waals surface area contributed by atoms with Crippen LogP contribution in [0.3, 0.4) is 0 Å². The van der Waals surface area contributed by atoms with Crippen LogP contribution in [0.15, 0.2) is 24.3 Å². The third kappa shape index (κ3) is 6.83. The average Bonchev–Trinajstić information content (AvgIpc) is 2.84. The second-order valence-electron chi connectivity index (χ2n) is 8.84. The van der Waals surface area contributed by atoms with Gasteiger partial charge in [0.25, 0.3) is 0 Å². The van der Waals surface area contributed by atoms with Gasteiger partial charge in [-0.1, -0.05) is 70.4 Å². The first-order valence-electron chi connectivity index (χ1n) is 10.9. The van der Waals surface area contributed by atoms with Crippen molar-refractivity contribution in [2.24, 2.45) is 0 Å². The molecule has 27 heavy (non-hydrogen) atoms. The Labute approximate surface area is 167 Å². The van der Waals surface area contributed by atoms with Crippen molar-refractivity contribution in [3.63, 3.8) is 0 Å². The van der Waals surface area contributed by atoms with Crippen LogP contribution in [0.2, 0.25) is 0 Å². The lowest BCUT2D eigenvalue weighted by Crippen LogP contribution is -2.41. The van der Waals surface area contributed by atoms with Gasteiger partial charge in [0.05, 0.1) is 17.8 Å². The van der Waals surface area contributed by atoms with Crippen LogP contribution in [0.4, 0.5) is 0 Å². The highest BCUT2D eigenvalue weighted by Crippen LogP contribution is 2.36. The van der Waals surface area contributed by atoms with Crippen molar-refractivity contribution in [2.45, 2.75) is 104 Å². The molecule has 1 aliphatic rings. The molecule has 0 radical (unpaired) electrons. The Balaban J connectivity index is 1.66. The third-order valence-corrected chi connectivity index (χ3v) is 5.90. The fourth-order valence-corrected chi connectivity index (χ4v) is 3.33. The molecule has 0 unspecified atom stereocenters. The molecule has 0 bridgehead atoms. The van der Waals surface area contributed by atoms with E-state index in [0.29, 0.717) is 0 Å². The standard InChI is InChI=1S/C23H39BO3/c1-6-7-8-9-10-11-12-13-14-18-25-21-17-15-16-20(19-21)24-26-22(2,3)23(4,5)27-24/h15-17,19H,6-14,18H2,1-5H3. The van der Waals surface area contributed by atoms with Crippen LogP contribution < -0.4 is 10.2 Å². The highest BCUT2D eigenvalue weighted by Gasteiger charge is 2.51. The van der Waals surface area contributed by atoms with Gasteiger partial charge < -0.3 is 14.0 Å². The number of ether oxygens (including phenoxy) is 1. The fourth-order valence-electron chi connectivity index (χ4n) is 3.33. The van der Waals surface area contributed by atoms with Gasteiger partial charge in [0.1, 0.15) is 5.75 Å². The summed E-state index contributed by atoms with van der Waals surface area (Å²) in [6.07, 6.45) is 12.0. The first kappa shape index (κ1) is 22.3. The highest BCUT2D eigenvalue weighted by atomic mass is 16.7. The molecule has 1 aromatic rings. The summed E-state index contributed by atoms with van der Waals surface area (Å²) in [5, 5.41) is 0. The largest absolute Gasteiger partial charge is 0.494 e. The van der Waals surface area contributed by atoms with Crippen LogP contribution in [0.25, 0.3) is 0 Å². The zero-order valence-electron chi connectivity index (χ0n) is 18.2. The van der Waals surface area contributed by atoms with E-state index < -0.39 is 0 Å². The molecule has 0 amide bonds. The summed E-state index contributed by atoms with van der Waals surface area (Å²) in [5.74, 6) is 0.904. The van der Waals surface area contributed by atoms with Gasteiger partial charge in [-0.25, -0.2) is 0 Å². The Morgan fingerprint density at radius 2 is 1.37 bits per heavy atom. The highest BCUT2D eigenvalue weighted by molar-refractivity contribution is 6.62. The molecule has 1 aromatic carbocycles. The summed E-state index contributed by atoms with van der Waals surface area (Å²) in [6.45, 7) is 11.4. The van der Waals surface area contributed by atoms with E-state index in [4.69, 9.17) is 14.0 Å². The quantitative estimate of drug-likeness (QED) is 0.337. The van der Waals surface area contributed by atoms with Gasteiger partial charge in [-0.2, -0.15) is 0 Å². The number of rotatable bonds is 12. The second-order valence-corrected chi connectivity index (χ2v) is 8.84. The Hall–Kier alpha value is -0.995. The van der Waals surface area contributed by atoms with Gasteiger partial charge in [-0.15, -0.1) is 0 Å². The molecule has 0 N–H and O–H groups in total. The molecule has 152 valence electrons. The van der Waals surface area contributed by atoms with Crippen LogP contribution in [0, 0.1) is 0 Å². The predicted octanol–water partition coefficient (Wildman–Crippen LogP) is 5.90. The van der Waals surface area contributed by atoms with Gasteiger partial charge in [0.15, 0.2) is 0 Å². The fraction of sp³-hybridized carbons (Fsp3) is 0.739. The molecular weight excluding hydrogens is 335 g/mol. The Bertz CT molecular complexity index is 540. The lowest BCUT2D eigenvalue weighted by molar-refractivity contribution is 0.00578. The van der Waals surface area contributed by atoms with E-state index in [0.717, 1.165) is 24.2 Å². The molecule has 2 rings (SSSR count). The van der Waals surface area contributed by atoms with Crippen molar-refractivity contribution in [2.75, 3.05) is 6.61 Å². The molecule has 3 nitrogen and oxygen atoms in total. The molecule has 0 saturated carbocycles. The first-order chi connectivity index (χ1) is 12.9. The van der Waals surface area contributed by atoms with Crippen molar-refractivity contribution in [1.82, 2.24) is 0 Å². The summed E-state index contributed by atoms with van der Waals surface area (Å²) in [6, 6.07) is 8.14. The van der Waals surface area contributed by atoms with E-state index in [9.17, 15) is 0 Å². The lowest BCUT2D eigenvalue weighted by atomic mass is 9.79. The molecule has 1 fully saturated rings. The smallest absolute Gasteiger partial charge is 0.494 e. The van der Waals surface area contributed by atoms with E-state index in [-0.39, 0.29) is 18.3 Å². The van der Waals surface area contributed by atoms with Crippen molar-refractivity contribution in [3.8, 4) is 5.75 Å². The maximum absolute atomic E-state index is 6.13. The minimum Gasteiger partial charge on any atom is -0.494 e. The molecular formula is C23H39BO3. The molecule has 1 heterocycles. The van der Waals surface area contributed by atoms with Crippen molar-refractivity contribution >= 4 is 12.6 Å².